The lowest BCUT2D eigenvalue weighted by Gasteiger charge is -2.30. The van der Waals surface area contributed by atoms with Crippen LogP contribution < -0.4 is 5.32 Å². The highest BCUT2D eigenvalue weighted by molar-refractivity contribution is 5.07. The number of likely N-dealkylation sites (tertiary alicyclic amines) is 1. The van der Waals surface area contributed by atoms with Crippen molar-refractivity contribution in [1.82, 2.24) is 10.2 Å². The van der Waals surface area contributed by atoms with Gasteiger partial charge < -0.3 is 14.5 Å². The Morgan fingerprint density at radius 2 is 2.06 bits per heavy atom. The number of hydrogen-bond acceptors (Lipinski definition) is 4. The van der Waals surface area contributed by atoms with Gasteiger partial charge in [-0.1, -0.05) is 0 Å². The van der Waals surface area contributed by atoms with Crippen molar-refractivity contribution in [2.24, 2.45) is 0 Å². The Balaban J connectivity index is 1.80. The number of ether oxygens (including phenoxy) is 1. The van der Waals surface area contributed by atoms with Gasteiger partial charge in [0.05, 0.1) is 19.2 Å². The summed E-state index contributed by atoms with van der Waals surface area (Å²) in [4.78, 5) is 2.43. The highest BCUT2D eigenvalue weighted by Crippen LogP contribution is 2.17. The third-order valence-corrected chi connectivity index (χ3v) is 3.32. The van der Waals surface area contributed by atoms with E-state index >= 15 is 0 Å². The summed E-state index contributed by atoms with van der Waals surface area (Å²) in [5.41, 5.74) is 0. The molecule has 1 aromatic heterocycles. The zero-order valence-corrected chi connectivity index (χ0v) is 10.7. The summed E-state index contributed by atoms with van der Waals surface area (Å²) in [5.74, 6) is 2.07. The molecule has 1 aliphatic heterocycles. The molecule has 0 unspecified atom stereocenters. The molecule has 0 amide bonds. The van der Waals surface area contributed by atoms with Gasteiger partial charge >= 0.3 is 0 Å². The first-order chi connectivity index (χ1) is 8.31. The third-order valence-electron chi connectivity index (χ3n) is 3.32. The van der Waals surface area contributed by atoms with Crippen molar-refractivity contribution in [1.29, 1.82) is 0 Å². The minimum absolute atomic E-state index is 0.447. The maximum Gasteiger partial charge on any atom is 0.118 e. The molecule has 1 aliphatic rings. The number of hydrogen-bond donors (Lipinski definition) is 1. The average molecular weight is 238 g/mol. The first-order valence-corrected chi connectivity index (χ1v) is 6.29. The van der Waals surface area contributed by atoms with Crippen molar-refractivity contribution < 1.29 is 9.15 Å². The van der Waals surface area contributed by atoms with Crippen LogP contribution in [0.4, 0.5) is 0 Å². The fourth-order valence-electron chi connectivity index (χ4n) is 2.30. The molecule has 2 heterocycles. The molecule has 1 N–H and O–H groups in total. The first kappa shape index (κ1) is 12.6. The molecule has 0 aliphatic carbocycles. The largest absolute Gasteiger partial charge is 0.463 e. The van der Waals surface area contributed by atoms with Crippen LogP contribution in [-0.2, 0) is 17.8 Å². The second-order valence-electron chi connectivity index (χ2n) is 4.61. The van der Waals surface area contributed by atoms with Crippen molar-refractivity contribution >= 4 is 0 Å². The van der Waals surface area contributed by atoms with Crippen LogP contribution >= 0.6 is 0 Å². The Kier molecular flexibility index (Phi) is 4.59. The monoisotopic (exact) mass is 238 g/mol. The van der Waals surface area contributed by atoms with Crippen LogP contribution in [0.5, 0.6) is 0 Å². The van der Waals surface area contributed by atoms with Gasteiger partial charge in [0.15, 0.2) is 0 Å². The third kappa shape index (κ3) is 3.56. The van der Waals surface area contributed by atoms with Gasteiger partial charge in [0.2, 0.25) is 0 Å². The molecule has 1 saturated heterocycles. The van der Waals surface area contributed by atoms with Gasteiger partial charge in [0, 0.05) is 20.2 Å². The van der Waals surface area contributed by atoms with Crippen molar-refractivity contribution in [2.75, 3.05) is 27.2 Å². The summed E-state index contributed by atoms with van der Waals surface area (Å²) in [6.45, 7) is 3.91. The zero-order chi connectivity index (χ0) is 12.1. The van der Waals surface area contributed by atoms with Crippen molar-refractivity contribution in [3.8, 4) is 0 Å². The van der Waals surface area contributed by atoms with Crippen LogP contribution in [0.1, 0.15) is 24.4 Å². The number of nitrogens with one attached hydrogen (secondary N) is 1. The van der Waals surface area contributed by atoms with E-state index in [4.69, 9.17) is 9.15 Å². The van der Waals surface area contributed by atoms with Gasteiger partial charge in [-0.15, -0.1) is 0 Å². The van der Waals surface area contributed by atoms with Crippen molar-refractivity contribution in [3.05, 3.63) is 23.7 Å². The van der Waals surface area contributed by atoms with E-state index in [1.165, 1.54) is 0 Å². The zero-order valence-electron chi connectivity index (χ0n) is 10.7. The predicted molar refractivity (Wildman–Crippen MR) is 66.8 cm³/mol. The van der Waals surface area contributed by atoms with Crippen LogP contribution in [0.2, 0.25) is 0 Å². The van der Waals surface area contributed by atoms with Gasteiger partial charge in [-0.05, 0) is 32.0 Å². The van der Waals surface area contributed by atoms with E-state index in [1.807, 2.05) is 13.1 Å². The van der Waals surface area contributed by atoms with E-state index in [0.717, 1.165) is 50.5 Å². The van der Waals surface area contributed by atoms with Gasteiger partial charge in [-0.3, -0.25) is 4.90 Å². The van der Waals surface area contributed by atoms with Crippen LogP contribution in [0, 0.1) is 0 Å². The van der Waals surface area contributed by atoms with E-state index in [1.54, 1.807) is 7.11 Å². The van der Waals surface area contributed by atoms with E-state index in [0.29, 0.717) is 6.10 Å². The summed E-state index contributed by atoms with van der Waals surface area (Å²) >= 11 is 0. The van der Waals surface area contributed by atoms with Crippen LogP contribution in [0.15, 0.2) is 16.5 Å². The van der Waals surface area contributed by atoms with E-state index < -0.39 is 0 Å². The molecule has 0 aromatic carbocycles. The lowest BCUT2D eigenvalue weighted by atomic mass is 10.1. The molecule has 17 heavy (non-hydrogen) atoms. The highest BCUT2D eigenvalue weighted by Gasteiger charge is 2.19. The summed E-state index contributed by atoms with van der Waals surface area (Å²) in [6, 6.07) is 4.13. The molecular formula is C13H22N2O2. The van der Waals surface area contributed by atoms with Crippen molar-refractivity contribution in [3.63, 3.8) is 0 Å². The van der Waals surface area contributed by atoms with Gasteiger partial charge in [0.1, 0.15) is 11.5 Å². The number of rotatable bonds is 5. The SMILES string of the molecule is CNCc1ccc(CN2CCC(OC)CC2)o1. The Morgan fingerprint density at radius 1 is 1.35 bits per heavy atom. The van der Waals surface area contributed by atoms with E-state index in [-0.39, 0.29) is 0 Å². The normalized spacial score (nSPS) is 18.7. The number of piperidine rings is 1. The lowest BCUT2D eigenvalue weighted by Crippen LogP contribution is -2.36. The standard InChI is InChI=1S/C13H22N2O2/c1-14-9-12-3-4-13(17-12)10-15-7-5-11(16-2)6-8-15/h3-4,11,14H,5-10H2,1-2H3. The Labute approximate surface area is 103 Å². The lowest BCUT2D eigenvalue weighted by molar-refractivity contribution is 0.0369. The molecule has 0 radical (unpaired) electrons. The molecule has 0 atom stereocenters. The Morgan fingerprint density at radius 3 is 2.71 bits per heavy atom. The highest BCUT2D eigenvalue weighted by atomic mass is 16.5. The van der Waals surface area contributed by atoms with Crippen LogP contribution in [0.3, 0.4) is 0 Å². The molecule has 1 fully saturated rings. The second-order valence-corrected chi connectivity index (χ2v) is 4.61. The maximum atomic E-state index is 5.74. The first-order valence-electron chi connectivity index (χ1n) is 6.29. The second kappa shape index (κ2) is 6.19. The molecule has 2 rings (SSSR count). The van der Waals surface area contributed by atoms with E-state index in [2.05, 4.69) is 16.3 Å². The number of nitrogens with zero attached hydrogens (tertiary/aromatic N) is 1. The fraction of sp³-hybridized carbons (Fsp3) is 0.692. The Bertz CT molecular complexity index is 330. The number of methoxy groups -OCH3 is 1. The van der Waals surface area contributed by atoms with Gasteiger partial charge in [0.25, 0.3) is 0 Å². The molecular weight excluding hydrogens is 216 g/mol. The molecule has 4 heteroatoms. The van der Waals surface area contributed by atoms with Crippen LogP contribution in [0.25, 0.3) is 0 Å². The molecule has 4 nitrogen and oxygen atoms in total. The molecule has 1 aromatic rings. The maximum absolute atomic E-state index is 5.74. The molecule has 0 spiro atoms. The Hall–Kier alpha value is -0.840. The summed E-state index contributed by atoms with van der Waals surface area (Å²) in [6.07, 6.45) is 2.70. The van der Waals surface area contributed by atoms with E-state index in [9.17, 15) is 0 Å². The smallest absolute Gasteiger partial charge is 0.118 e. The predicted octanol–water partition coefficient (Wildman–Crippen LogP) is 1.61. The molecule has 96 valence electrons. The van der Waals surface area contributed by atoms with Gasteiger partial charge in [-0.25, -0.2) is 0 Å². The summed E-state index contributed by atoms with van der Waals surface area (Å²) < 4.78 is 11.1. The van der Waals surface area contributed by atoms with Crippen molar-refractivity contribution in [2.45, 2.75) is 32.0 Å². The average Bonchev–Trinajstić information content (AvgIpc) is 2.78. The fourth-order valence-corrected chi connectivity index (χ4v) is 2.30. The van der Waals surface area contributed by atoms with Crippen LogP contribution in [-0.4, -0.2) is 38.3 Å². The number of furan rings is 1. The van der Waals surface area contributed by atoms with Gasteiger partial charge in [-0.2, -0.15) is 0 Å². The summed E-state index contributed by atoms with van der Waals surface area (Å²) in [5, 5.41) is 3.09. The topological polar surface area (TPSA) is 37.6 Å². The minimum Gasteiger partial charge on any atom is -0.463 e. The minimum atomic E-state index is 0.447. The summed E-state index contributed by atoms with van der Waals surface area (Å²) in [7, 11) is 3.73. The quantitative estimate of drug-likeness (QED) is 0.845. The molecule has 0 saturated carbocycles. The molecule has 0 bridgehead atoms.